The van der Waals surface area contributed by atoms with E-state index < -0.39 is 0 Å². The lowest BCUT2D eigenvalue weighted by Gasteiger charge is -1.96. The molecular formula is C11H5BClNO. The van der Waals surface area contributed by atoms with Crippen molar-refractivity contribution >= 4 is 47.0 Å². The summed E-state index contributed by atoms with van der Waals surface area (Å²) in [5.74, 6) is 0. The predicted molar refractivity (Wildman–Crippen MR) is 61.9 cm³/mol. The van der Waals surface area contributed by atoms with Gasteiger partial charge in [-0.2, -0.15) is 0 Å². The molecule has 2 aromatic heterocycles. The van der Waals surface area contributed by atoms with Crippen molar-refractivity contribution in [3.05, 3.63) is 35.5 Å². The summed E-state index contributed by atoms with van der Waals surface area (Å²) in [6.07, 6.45) is 1.68. The van der Waals surface area contributed by atoms with E-state index >= 15 is 0 Å². The minimum absolute atomic E-state index is 0.569. The Kier molecular flexibility index (Phi) is 1.76. The van der Waals surface area contributed by atoms with E-state index in [1.807, 2.05) is 12.1 Å². The van der Waals surface area contributed by atoms with Crippen molar-refractivity contribution in [2.24, 2.45) is 0 Å². The van der Waals surface area contributed by atoms with Crippen molar-refractivity contribution in [2.75, 3.05) is 0 Å². The van der Waals surface area contributed by atoms with Crippen LogP contribution in [0.4, 0.5) is 0 Å². The molecule has 0 bridgehead atoms. The first-order valence-corrected chi connectivity index (χ1v) is 4.86. The maximum atomic E-state index is 5.90. The smallest absolute Gasteiger partial charge is 0.227 e. The Balaban J connectivity index is 2.61. The molecule has 2 radical (unpaired) electrons. The zero-order valence-electron chi connectivity index (χ0n) is 7.70. The summed E-state index contributed by atoms with van der Waals surface area (Å²) in [4.78, 5) is 4.12. The van der Waals surface area contributed by atoms with Crippen LogP contribution >= 0.6 is 11.6 Å². The lowest BCUT2D eigenvalue weighted by molar-refractivity contribution is 0.654. The summed E-state index contributed by atoms with van der Waals surface area (Å²) in [6.45, 7) is 0. The van der Waals surface area contributed by atoms with Crippen LogP contribution in [0.1, 0.15) is 0 Å². The predicted octanol–water partition coefficient (Wildman–Crippen LogP) is 2.43. The topological polar surface area (TPSA) is 26.0 Å². The van der Waals surface area contributed by atoms with Crippen LogP contribution < -0.4 is 5.46 Å². The van der Waals surface area contributed by atoms with Gasteiger partial charge in [0.2, 0.25) is 5.71 Å². The molecular weight excluding hydrogens is 208 g/mol. The average Bonchev–Trinajstić information content (AvgIpc) is 2.54. The van der Waals surface area contributed by atoms with E-state index in [4.69, 9.17) is 23.9 Å². The Morgan fingerprint density at radius 3 is 3.07 bits per heavy atom. The van der Waals surface area contributed by atoms with Crippen molar-refractivity contribution in [3.8, 4) is 0 Å². The second kappa shape index (κ2) is 3.01. The maximum absolute atomic E-state index is 5.90. The standard InChI is InChI=1S/C11H5BClNO/c12-8-4-6(13)5-9-10(8)7-2-1-3-14-11(7)15-9/h1-5H. The van der Waals surface area contributed by atoms with Gasteiger partial charge in [-0.15, -0.1) is 0 Å². The zero-order valence-corrected chi connectivity index (χ0v) is 8.45. The van der Waals surface area contributed by atoms with E-state index in [9.17, 15) is 0 Å². The Morgan fingerprint density at radius 2 is 2.20 bits per heavy atom. The third-order valence-corrected chi connectivity index (χ3v) is 2.56. The molecule has 0 aliphatic carbocycles. The van der Waals surface area contributed by atoms with Gasteiger partial charge in [0, 0.05) is 28.1 Å². The van der Waals surface area contributed by atoms with Crippen molar-refractivity contribution < 1.29 is 4.42 Å². The molecule has 0 spiro atoms. The molecule has 0 atom stereocenters. The van der Waals surface area contributed by atoms with Crippen LogP contribution in [0.25, 0.3) is 22.1 Å². The summed E-state index contributed by atoms with van der Waals surface area (Å²) < 4.78 is 5.54. The van der Waals surface area contributed by atoms with Crippen LogP contribution in [0.2, 0.25) is 5.02 Å². The van der Waals surface area contributed by atoms with E-state index in [2.05, 4.69) is 4.98 Å². The van der Waals surface area contributed by atoms with E-state index in [0.29, 0.717) is 21.8 Å². The van der Waals surface area contributed by atoms with E-state index in [0.717, 1.165) is 10.8 Å². The number of aromatic nitrogens is 1. The minimum atomic E-state index is 0.569. The lowest BCUT2D eigenvalue weighted by Crippen LogP contribution is -2.01. The molecule has 1 aromatic carbocycles. The number of pyridine rings is 1. The van der Waals surface area contributed by atoms with Crippen LogP contribution in [-0.4, -0.2) is 12.8 Å². The maximum Gasteiger partial charge on any atom is 0.227 e. The third-order valence-electron chi connectivity index (χ3n) is 2.34. The number of fused-ring (bicyclic) bond motifs is 3. The molecule has 2 heterocycles. The first-order chi connectivity index (χ1) is 7.25. The highest BCUT2D eigenvalue weighted by Gasteiger charge is 2.09. The molecule has 0 unspecified atom stereocenters. The van der Waals surface area contributed by atoms with Gasteiger partial charge >= 0.3 is 0 Å². The second-order valence-electron chi connectivity index (χ2n) is 3.33. The summed E-state index contributed by atoms with van der Waals surface area (Å²) in [5, 5.41) is 2.36. The molecule has 4 heteroatoms. The number of halogens is 1. The molecule has 0 fully saturated rings. The van der Waals surface area contributed by atoms with Gasteiger partial charge in [-0.3, -0.25) is 0 Å². The quantitative estimate of drug-likeness (QED) is 0.536. The monoisotopic (exact) mass is 213 g/mol. The van der Waals surface area contributed by atoms with E-state index in [1.54, 1.807) is 18.3 Å². The minimum Gasteiger partial charge on any atom is -0.438 e. The molecule has 2 nitrogen and oxygen atoms in total. The number of furan rings is 1. The van der Waals surface area contributed by atoms with Crippen LogP contribution in [0, 0.1) is 0 Å². The fraction of sp³-hybridized carbons (Fsp3) is 0. The summed E-state index contributed by atoms with van der Waals surface area (Å²) in [7, 11) is 5.90. The molecule has 3 aromatic rings. The van der Waals surface area contributed by atoms with Crippen molar-refractivity contribution in [1.29, 1.82) is 0 Å². The molecule has 0 saturated carbocycles. The first kappa shape index (κ1) is 8.80. The number of benzene rings is 1. The van der Waals surface area contributed by atoms with E-state index in [1.165, 1.54) is 0 Å². The van der Waals surface area contributed by atoms with Crippen molar-refractivity contribution in [2.45, 2.75) is 0 Å². The Bertz CT molecular complexity index is 662. The Hall–Kier alpha value is -1.48. The molecule has 0 saturated heterocycles. The molecule has 0 amide bonds. The summed E-state index contributed by atoms with van der Waals surface area (Å²) in [6, 6.07) is 7.24. The normalized spacial score (nSPS) is 11.3. The highest BCUT2D eigenvalue weighted by atomic mass is 35.5. The molecule has 3 rings (SSSR count). The number of hydrogen-bond donors (Lipinski definition) is 0. The van der Waals surface area contributed by atoms with Gasteiger partial charge in [0.25, 0.3) is 0 Å². The summed E-state index contributed by atoms with van der Waals surface area (Å²) >= 11 is 5.89. The van der Waals surface area contributed by atoms with Gasteiger partial charge in [0.1, 0.15) is 13.4 Å². The highest BCUT2D eigenvalue weighted by Crippen LogP contribution is 2.27. The largest absolute Gasteiger partial charge is 0.438 e. The molecule has 0 aliphatic heterocycles. The van der Waals surface area contributed by atoms with Gasteiger partial charge in [-0.1, -0.05) is 17.1 Å². The van der Waals surface area contributed by atoms with Gasteiger partial charge < -0.3 is 4.42 Å². The lowest BCUT2D eigenvalue weighted by atomic mass is 9.91. The van der Waals surface area contributed by atoms with E-state index in [-0.39, 0.29) is 0 Å². The first-order valence-electron chi connectivity index (χ1n) is 4.48. The fourth-order valence-corrected chi connectivity index (χ4v) is 1.95. The summed E-state index contributed by atoms with van der Waals surface area (Å²) in [5.41, 5.74) is 1.87. The van der Waals surface area contributed by atoms with Crippen LogP contribution in [-0.2, 0) is 0 Å². The SMILES string of the molecule is [B]c1cc(Cl)cc2oc3ncccc3c12. The van der Waals surface area contributed by atoms with Crippen molar-refractivity contribution in [1.82, 2.24) is 4.98 Å². The molecule has 70 valence electrons. The second-order valence-corrected chi connectivity index (χ2v) is 3.76. The fourth-order valence-electron chi connectivity index (χ4n) is 1.74. The van der Waals surface area contributed by atoms with Crippen LogP contribution in [0.3, 0.4) is 0 Å². The third kappa shape index (κ3) is 1.23. The van der Waals surface area contributed by atoms with Gasteiger partial charge in [0.05, 0.1) is 0 Å². The van der Waals surface area contributed by atoms with Crippen LogP contribution in [0.5, 0.6) is 0 Å². The molecule has 15 heavy (non-hydrogen) atoms. The average molecular weight is 213 g/mol. The number of nitrogens with zero attached hydrogens (tertiary/aromatic N) is 1. The molecule has 0 N–H and O–H groups in total. The van der Waals surface area contributed by atoms with Crippen molar-refractivity contribution in [3.63, 3.8) is 0 Å². The molecule has 0 aliphatic rings. The van der Waals surface area contributed by atoms with Crippen LogP contribution in [0.15, 0.2) is 34.9 Å². The van der Waals surface area contributed by atoms with Gasteiger partial charge in [0.15, 0.2) is 0 Å². The van der Waals surface area contributed by atoms with Gasteiger partial charge in [-0.05, 0) is 18.2 Å². The Labute approximate surface area is 92.3 Å². The highest BCUT2D eigenvalue weighted by molar-refractivity contribution is 6.43. The number of hydrogen-bond acceptors (Lipinski definition) is 2. The van der Waals surface area contributed by atoms with Gasteiger partial charge in [-0.25, -0.2) is 4.98 Å². The zero-order chi connectivity index (χ0) is 10.4. The Morgan fingerprint density at radius 1 is 1.33 bits per heavy atom. The number of rotatable bonds is 0.